The Morgan fingerprint density at radius 3 is 0.488 bits per heavy atom. The van der Waals surface area contributed by atoms with Crippen LogP contribution in [-0.2, 0) is 0 Å². The van der Waals surface area contributed by atoms with Crippen LogP contribution in [0.3, 0.4) is 0 Å². The van der Waals surface area contributed by atoms with Gasteiger partial charge in [-0.2, -0.15) is 0 Å². The molecule has 0 spiro atoms. The molecule has 0 unspecified atom stereocenters. The average molecular weight is 3850 g/mol. The minimum Gasteiger partial charge on any atom is -0.0686 e. The van der Waals surface area contributed by atoms with Gasteiger partial charge in [-0.1, -0.05) is 655 Å². The van der Waals surface area contributed by atoms with Crippen molar-refractivity contribution in [1.29, 1.82) is 0 Å². The lowest BCUT2D eigenvalue weighted by molar-refractivity contribution is 0.626. The number of hydrogen-bond acceptors (Lipinski definition) is 0. The SMILES string of the molecule is IC(I)C(I)(I)C(I)(I)C(I)(I)C(I)(I)C(I)(I)C(I)(I)C(I)(I)C(I)(I)C(I)(I)C(I)(I)C(I)(I)C(I)(I)C(I)(I)I. The van der Waals surface area contributed by atoms with E-state index in [1.54, 1.807) is 0 Å². The topological polar surface area (TPSA) is 0 Å². The summed E-state index contributed by atoms with van der Waals surface area (Å²) in [5, 5.41) is 0. The van der Waals surface area contributed by atoms with Crippen molar-refractivity contribution in [3.05, 3.63) is 0 Å². The first-order valence-electron chi connectivity index (χ1n) is 8.83. The standard InChI is InChI=1S/C14HI29/c15-1(16)2(17,18)3(19,20)4(21,22)5(23,24)6(25,26)7(27,28)8(29,30)9(31,32)10(33,34)11(35,36)12(37,38)13(39,40)14(41,42)43/h1H. The van der Waals surface area contributed by atoms with Crippen molar-refractivity contribution in [2.75, 3.05) is 0 Å². The third kappa shape index (κ3) is 12.9. The minimum absolute atomic E-state index is 0.0221. The van der Waals surface area contributed by atoms with Gasteiger partial charge >= 0.3 is 0 Å². The monoisotopic (exact) mass is 3850 g/mol. The summed E-state index contributed by atoms with van der Waals surface area (Å²) >= 11 is 80.0. The summed E-state index contributed by atoms with van der Waals surface area (Å²) in [4.78, 5) is 0. The zero-order chi connectivity index (χ0) is 36.1. The predicted octanol–water partition coefficient (Wildman–Crippen LogP) is 22.9. The molecule has 0 aliphatic rings. The number of rotatable bonds is 13. The maximum atomic E-state index is 2.83. The molecule has 0 aliphatic heterocycles. The van der Waals surface area contributed by atoms with Gasteiger partial charge in [-0.3, -0.25) is 0 Å². The van der Waals surface area contributed by atoms with E-state index in [0.29, 0.717) is 1.93 Å². The Labute approximate surface area is 650 Å². The molecule has 0 aromatic heterocycles. The summed E-state index contributed by atoms with van der Waals surface area (Å²) in [5.74, 6) is 0. The highest BCUT2D eigenvalue weighted by molar-refractivity contribution is 14.3. The molecule has 0 rings (SSSR count). The van der Waals surface area contributed by atoms with Crippen LogP contribution in [0.2, 0.25) is 0 Å². The van der Waals surface area contributed by atoms with Crippen LogP contribution in [0.4, 0.5) is 0 Å². The van der Waals surface area contributed by atoms with Crippen LogP contribution in [-0.4, -0.2) is 18.5 Å². The molecule has 0 fully saturated rings. The van der Waals surface area contributed by atoms with E-state index in [4.69, 9.17) is 0 Å². The zero-order valence-corrected chi connectivity index (χ0v) is 80.6. The maximum Gasteiger partial charge on any atom is 0.149 e. The number of hydrogen-bond donors (Lipinski definition) is 0. The molecule has 0 radical (unpaired) electrons. The Balaban J connectivity index is 7.47. The second-order valence-corrected chi connectivity index (χ2v) is 87.4. The minimum atomic E-state index is -0.187. The van der Waals surface area contributed by atoms with E-state index in [0.717, 1.165) is 0 Å². The molecule has 0 aromatic carbocycles. The van der Waals surface area contributed by atoms with Gasteiger partial charge in [0.1, 0.15) is 16.6 Å². The Morgan fingerprint density at radius 2 is 0.349 bits per heavy atom. The van der Waals surface area contributed by atoms with Crippen LogP contribution in [0, 0.1) is 0 Å². The largest absolute Gasteiger partial charge is 0.149 e. The summed E-state index contributed by atoms with van der Waals surface area (Å²) in [5.41, 5.74) is 0. The van der Waals surface area contributed by atoms with Crippen LogP contribution < -0.4 is 0 Å². The van der Waals surface area contributed by atoms with Crippen molar-refractivity contribution in [3.8, 4) is 0 Å². The van der Waals surface area contributed by atoms with E-state index >= 15 is 0 Å². The quantitative estimate of drug-likeness (QED) is 0.127. The van der Waals surface area contributed by atoms with E-state index in [-0.39, 0.29) is 16.6 Å². The highest BCUT2D eigenvalue weighted by atomic mass is 127. The maximum absolute atomic E-state index is 2.83. The van der Waals surface area contributed by atoms with Gasteiger partial charge < -0.3 is 0 Å². The fourth-order valence-electron chi connectivity index (χ4n) is 2.30. The van der Waals surface area contributed by atoms with Crippen LogP contribution in [0.1, 0.15) is 0 Å². The van der Waals surface area contributed by atoms with Crippen molar-refractivity contribution in [1.82, 2.24) is 0 Å². The van der Waals surface area contributed by atoms with Gasteiger partial charge in [-0.25, -0.2) is 0 Å². The number of alkyl halides is 29. The third-order valence-electron chi connectivity index (χ3n) is 4.99. The fraction of sp³-hybridized carbons (Fsp3) is 1.00. The van der Waals surface area contributed by atoms with Crippen molar-refractivity contribution in [2.24, 2.45) is 0 Å². The van der Waals surface area contributed by atoms with E-state index in [2.05, 4.69) is 655 Å². The first-order valence-corrected chi connectivity index (χ1v) is 40.4. The van der Waals surface area contributed by atoms with Gasteiger partial charge in [-0.05, 0) is 0 Å². The molecule has 29 heteroatoms. The van der Waals surface area contributed by atoms with Crippen LogP contribution in [0.5, 0.6) is 0 Å². The molecule has 43 heavy (non-hydrogen) atoms. The summed E-state index contributed by atoms with van der Waals surface area (Å²) in [6.45, 7) is 0. The van der Waals surface area contributed by atoms with Crippen LogP contribution >= 0.6 is 655 Å². The molecule has 0 atom stereocenters. The highest BCUT2D eigenvalue weighted by Crippen LogP contribution is 2.83. The van der Waals surface area contributed by atoms with Crippen LogP contribution in [0.25, 0.3) is 0 Å². The Hall–Kier alpha value is 21.2. The molecular weight excluding hydrogens is 3850 g/mol. The fourth-order valence-corrected chi connectivity index (χ4v) is 48.2. The van der Waals surface area contributed by atoms with Crippen molar-refractivity contribution in [3.63, 3.8) is 0 Å². The lowest BCUT2D eigenvalue weighted by Gasteiger charge is -2.62. The zero-order valence-electron chi connectivity index (χ0n) is 18.0. The van der Waals surface area contributed by atoms with Gasteiger partial charge in [0.15, 0.2) is 0 Å². The molecule has 260 valence electrons. The molecule has 0 N–H and O–H groups in total. The third-order valence-corrected chi connectivity index (χ3v) is 104. The molecule has 0 bridgehead atoms. The molecule has 0 aromatic rings. The highest BCUT2D eigenvalue weighted by Gasteiger charge is 2.81. The predicted molar refractivity (Wildman–Crippen MR) is 446 cm³/mol. The van der Waals surface area contributed by atoms with Gasteiger partial charge in [-0.15, -0.1) is 0 Å². The summed E-state index contributed by atoms with van der Waals surface area (Å²) in [6, 6.07) is 0. The van der Waals surface area contributed by atoms with E-state index in [1.165, 1.54) is 0 Å². The Kier molecular flexibility index (Phi) is 34.9. The molecule has 0 aliphatic carbocycles. The van der Waals surface area contributed by atoms with E-state index in [9.17, 15) is 0 Å². The van der Waals surface area contributed by atoms with Gasteiger partial charge in [0.05, 0.1) is 1.93 Å². The second kappa shape index (κ2) is 23.4. The molecule has 0 amide bonds. The smallest absolute Gasteiger partial charge is 0.0686 e. The van der Waals surface area contributed by atoms with E-state index in [1.807, 2.05) is 0 Å². The normalized spacial score (nSPS) is 17.2. The Bertz CT molecular complexity index is 1010. The van der Waals surface area contributed by atoms with Crippen molar-refractivity contribution in [2.45, 2.75) is 18.5 Å². The summed E-state index contributed by atoms with van der Waals surface area (Å²) in [7, 11) is 0. The van der Waals surface area contributed by atoms with E-state index < -0.39 is 0 Å². The molecular formula is C14HI29. The summed E-state index contributed by atoms with van der Waals surface area (Å²) in [6.07, 6.45) is 0. The second-order valence-electron chi connectivity index (χ2n) is 7.74. The molecule has 0 saturated carbocycles. The first kappa shape index (κ1) is 64.2. The Morgan fingerprint density at radius 1 is 0.209 bits per heavy atom. The van der Waals surface area contributed by atoms with Crippen molar-refractivity contribution < 1.29 is 0 Å². The van der Waals surface area contributed by atoms with Gasteiger partial charge in [0.25, 0.3) is 0 Å². The average Bonchev–Trinajstić information content (AvgIpc) is 2.76. The lowest BCUT2D eigenvalue weighted by atomic mass is 10.0. The lowest BCUT2D eigenvalue weighted by Crippen LogP contribution is -2.72. The number of halogens is 29. The van der Waals surface area contributed by atoms with Gasteiger partial charge in [0.2, 0.25) is 0 Å². The molecule has 0 nitrogen and oxygen atoms in total. The van der Waals surface area contributed by atoms with Crippen LogP contribution in [0.15, 0.2) is 0 Å². The van der Waals surface area contributed by atoms with Gasteiger partial charge in [0, 0.05) is 0 Å². The molecule has 0 heterocycles. The first-order chi connectivity index (χ1) is 17.9. The van der Waals surface area contributed by atoms with Crippen molar-refractivity contribution >= 4 is 655 Å². The summed E-state index contributed by atoms with van der Waals surface area (Å²) < 4.78 is -0.986. The molecule has 0 saturated heterocycles.